The summed E-state index contributed by atoms with van der Waals surface area (Å²) >= 11 is 3.08. The van der Waals surface area contributed by atoms with Crippen LogP contribution in [0.25, 0.3) is 0 Å². The van der Waals surface area contributed by atoms with Crippen molar-refractivity contribution in [2.24, 2.45) is 0 Å². The second-order valence-corrected chi connectivity index (χ2v) is 6.96. The van der Waals surface area contributed by atoms with Gasteiger partial charge in [-0.15, -0.1) is 0 Å². The van der Waals surface area contributed by atoms with Gasteiger partial charge in [0.1, 0.15) is 10.7 Å². The van der Waals surface area contributed by atoms with E-state index in [-0.39, 0.29) is 10.9 Å². The maximum atomic E-state index is 13.6. The molecule has 0 heterocycles. The predicted molar refractivity (Wildman–Crippen MR) is 72.4 cm³/mol. The van der Waals surface area contributed by atoms with Crippen LogP contribution in [0.5, 0.6) is 0 Å². The molecular weight excluding hydrogens is 323 g/mol. The van der Waals surface area contributed by atoms with E-state index < -0.39 is 15.8 Å². The van der Waals surface area contributed by atoms with Crippen LogP contribution in [0.2, 0.25) is 0 Å². The molecule has 4 nitrogen and oxygen atoms in total. The van der Waals surface area contributed by atoms with Crippen molar-refractivity contribution in [3.05, 3.63) is 28.5 Å². The maximum Gasteiger partial charge on any atom is 0.243 e. The van der Waals surface area contributed by atoms with Crippen molar-refractivity contribution in [2.75, 3.05) is 20.6 Å². The maximum absolute atomic E-state index is 13.6. The van der Waals surface area contributed by atoms with E-state index in [0.717, 1.165) is 6.07 Å². The van der Waals surface area contributed by atoms with E-state index in [1.807, 2.05) is 19.0 Å². The fraction of sp³-hybridized carbons (Fsp3) is 0.455. The Morgan fingerprint density at radius 3 is 2.56 bits per heavy atom. The van der Waals surface area contributed by atoms with E-state index >= 15 is 0 Å². The quantitative estimate of drug-likeness (QED) is 0.890. The van der Waals surface area contributed by atoms with Gasteiger partial charge in [-0.25, -0.2) is 17.5 Å². The lowest BCUT2D eigenvalue weighted by molar-refractivity contribution is 0.370. The summed E-state index contributed by atoms with van der Waals surface area (Å²) in [5.41, 5.74) is 0. The summed E-state index contributed by atoms with van der Waals surface area (Å²) in [6, 6.07) is 3.57. The summed E-state index contributed by atoms with van der Waals surface area (Å²) in [5, 5.41) is 0. The van der Waals surface area contributed by atoms with Crippen molar-refractivity contribution >= 4 is 26.0 Å². The average Bonchev–Trinajstić information content (AvgIpc) is 2.13. The zero-order chi connectivity index (χ0) is 13.9. The van der Waals surface area contributed by atoms with Gasteiger partial charge < -0.3 is 4.90 Å². The van der Waals surface area contributed by atoms with Crippen LogP contribution in [-0.2, 0) is 10.0 Å². The van der Waals surface area contributed by atoms with Gasteiger partial charge in [-0.2, -0.15) is 0 Å². The van der Waals surface area contributed by atoms with Gasteiger partial charge in [0.25, 0.3) is 0 Å². The van der Waals surface area contributed by atoms with E-state index in [2.05, 4.69) is 20.7 Å². The number of halogens is 2. The predicted octanol–water partition coefficient (Wildman–Crippen LogP) is 1.82. The van der Waals surface area contributed by atoms with E-state index in [1.165, 1.54) is 12.1 Å². The number of nitrogens with one attached hydrogen (secondary N) is 1. The van der Waals surface area contributed by atoms with Gasteiger partial charge in [0, 0.05) is 17.1 Å². The van der Waals surface area contributed by atoms with Gasteiger partial charge in [0.05, 0.1) is 0 Å². The minimum atomic E-state index is -3.83. The first-order chi connectivity index (χ1) is 8.22. The zero-order valence-corrected chi connectivity index (χ0v) is 12.8. The molecule has 0 amide bonds. The molecule has 0 aromatic heterocycles. The number of benzene rings is 1. The normalized spacial score (nSPS) is 13.9. The number of hydrogen-bond acceptors (Lipinski definition) is 3. The molecule has 1 aromatic rings. The molecular formula is C11H16BrFN2O2S. The van der Waals surface area contributed by atoms with Crippen molar-refractivity contribution in [2.45, 2.75) is 17.9 Å². The topological polar surface area (TPSA) is 49.4 Å². The van der Waals surface area contributed by atoms with Gasteiger partial charge in [-0.1, -0.05) is 15.9 Å². The van der Waals surface area contributed by atoms with Gasteiger partial charge in [-0.05, 0) is 39.2 Å². The zero-order valence-electron chi connectivity index (χ0n) is 10.4. The van der Waals surface area contributed by atoms with Crippen LogP contribution in [0, 0.1) is 5.82 Å². The molecule has 1 atom stereocenters. The second kappa shape index (κ2) is 6.10. The highest BCUT2D eigenvalue weighted by atomic mass is 79.9. The third-order valence-corrected chi connectivity index (χ3v) is 4.29. The van der Waals surface area contributed by atoms with Gasteiger partial charge in [0.2, 0.25) is 10.0 Å². The van der Waals surface area contributed by atoms with E-state index in [0.29, 0.717) is 11.0 Å². The molecule has 0 aliphatic heterocycles. The van der Waals surface area contributed by atoms with Crippen LogP contribution in [0.3, 0.4) is 0 Å². The van der Waals surface area contributed by atoms with Crippen molar-refractivity contribution in [3.8, 4) is 0 Å². The minimum absolute atomic E-state index is 0.298. The molecule has 0 fully saturated rings. The molecule has 1 aromatic carbocycles. The van der Waals surface area contributed by atoms with E-state index in [1.54, 1.807) is 6.92 Å². The largest absolute Gasteiger partial charge is 0.308 e. The van der Waals surface area contributed by atoms with Crippen molar-refractivity contribution in [1.29, 1.82) is 0 Å². The number of hydrogen-bond donors (Lipinski definition) is 1. The molecule has 0 aliphatic carbocycles. The Hall–Kier alpha value is -0.500. The highest BCUT2D eigenvalue weighted by Crippen LogP contribution is 2.19. The number of nitrogens with zero attached hydrogens (tertiary/aromatic N) is 1. The fourth-order valence-electron chi connectivity index (χ4n) is 1.61. The third kappa shape index (κ3) is 4.31. The van der Waals surface area contributed by atoms with Crippen LogP contribution in [-0.4, -0.2) is 40.0 Å². The molecule has 0 bridgehead atoms. The SMILES string of the molecule is CC(CN(C)C)NS(=O)(=O)c1ccc(Br)cc1F. The molecule has 1 rings (SSSR count). The summed E-state index contributed by atoms with van der Waals surface area (Å²) in [4.78, 5) is 1.52. The minimum Gasteiger partial charge on any atom is -0.308 e. The molecule has 1 N–H and O–H groups in total. The lowest BCUT2D eigenvalue weighted by Gasteiger charge is -2.18. The number of rotatable bonds is 5. The van der Waals surface area contributed by atoms with Crippen LogP contribution in [0.15, 0.2) is 27.6 Å². The Morgan fingerprint density at radius 2 is 2.06 bits per heavy atom. The summed E-state index contributed by atoms with van der Waals surface area (Å²) in [7, 11) is -0.148. The first-order valence-electron chi connectivity index (χ1n) is 5.34. The lowest BCUT2D eigenvalue weighted by atomic mass is 10.3. The van der Waals surface area contributed by atoms with Crippen LogP contribution in [0.1, 0.15) is 6.92 Å². The highest BCUT2D eigenvalue weighted by Gasteiger charge is 2.21. The molecule has 0 saturated carbocycles. The van der Waals surface area contributed by atoms with Crippen LogP contribution >= 0.6 is 15.9 Å². The molecule has 0 radical (unpaired) electrons. The molecule has 0 spiro atoms. The molecule has 0 aliphatic rings. The van der Waals surface area contributed by atoms with E-state index in [4.69, 9.17) is 0 Å². The Labute approximate surface area is 115 Å². The van der Waals surface area contributed by atoms with Crippen LogP contribution < -0.4 is 4.72 Å². The van der Waals surface area contributed by atoms with Crippen molar-refractivity contribution in [1.82, 2.24) is 9.62 Å². The lowest BCUT2D eigenvalue weighted by Crippen LogP contribution is -2.39. The third-order valence-electron chi connectivity index (χ3n) is 2.18. The number of sulfonamides is 1. The first-order valence-corrected chi connectivity index (χ1v) is 7.62. The molecule has 18 heavy (non-hydrogen) atoms. The van der Waals surface area contributed by atoms with Crippen molar-refractivity contribution < 1.29 is 12.8 Å². The molecule has 0 saturated heterocycles. The smallest absolute Gasteiger partial charge is 0.243 e. The summed E-state index contributed by atoms with van der Waals surface area (Å²) < 4.78 is 40.5. The Bertz CT molecular complexity index is 520. The molecule has 102 valence electrons. The summed E-state index contributed by atoms with van der Waals surface area (Å²) in [6.45, 7) is 2.27. The van der Waals surface area contributed by atoms with E-state index in [9.17, 15) is 12.8 Å². The summed E-state index contributed by atoms with van der Waals surface area (Å²) in [6.07, 6.45) is 0. The Kier molecular flexibility index (Phi) is 5.27. The summed E-state index contributed by atoms with van der Waals surface area (Å²) in [5.74, 6) is -0.770. The van der Waals surface area contributed by atoms with Gasteiger partial charge in [0.15, 0.2) is 0 Å². The van der Waals surface area contributed by atoms with Gasteiger partial charge in [-0.3, -0.25) is 0 Å². The monoisotopic (exact) mass is 338 g/mol. The average molecular weight is 339 g/mol. The van der Waals surface area contributed by atoms with Gasteiger partial charge >= 0.3 is 0 Å². The Balaban J connectivity index is 2.93. The second-order valence-electron chi connectivity index (χ2n) is 4.36. The van der Waals surface area contributed by atoms with Crippen LogP contribution in [0.4, 0.5) is 4.39 Å². The fourth-order valence-corrected chi connectivity index (χ4v) is 3.23. The Morgan fingerprint density at radius 1 is 1.44 bits per heavy atom. The molecule has 1 unspecified atom stereocenters. The number of likely N-dealkylation sites (N-methyl/N-ethyl adjacent to an activating group) is 1. The van der Waals surface area contributed by atoms with Crippen molar-refractivity contribution in [3.63, 3.8) is 0 Å². The first kappa shape index (κ1) is 15.6. The highest BCUT2D eigenvalue weighted by molar-refractivity contribution is 9.10. The molecule has 7 heteroatoms. The standard InChI is InChI=1S/C11H16BrFN2O2S/c1-8(7-15(2)3)14-18(16,17)11-5-4-9(12)6-10(11)13/h4-6,8,14H,7H2,1-3H3.